The summed E-state index contributed by atoms with van der Waals surface area (Å²) in [6.45, 7) is -0.278. The number of rotatable bonds is 7. The van der Waals surface area contributed by atoms with Crippen LogP contribution in [0.2, 0.25) is 5.02 Å². The number of carbonyl (C=O) groups excluding carboxylic acids is 2. The molecule has 9 heteroatoms. The van der Waals surface area contributed by atoms with Crippen LogP contribution >= 0.6 is 27.5 Å². The Morgan fingerprint density at radius 2 is 1.75 bits per heavy atom. The molecule has 7 nitrogen and oxygen atoms in total. The molecular formula is C19H18BrClN2O5. The molecule has 2 rings (SSSR count). The Bertz CT molecular complexity index is 889. The zero-order valence-electron chi connectivity index (χ0n) is 15.1. The second-order valence-electron chi connectivity index (χ2n) is 5.35. The molecule has 0 heterocycles. The summed E-state index contributed by atoms with van der Waals surface area (Å²) in [7, 11) is 3.07. The molecule has 2 aromatic carbocycles. The van der Waals surface area contributed by atoms with E-state index >= 15 is 0 Å². The van der Waals surface area contributed by atoms with Gasteiger partial charge in [-0.05, 0) is 57.9 Å². The fraction of sp³-hybridized carbons (Fsp3) is 0.158. The van der Waals surface area contributed by atoms with Gasteiger partial charge in [0, 0.05) is 11.1 Å². The lowest BCUT2D eigenvalue weighted by atomic mass is 10.2. The van der Waals surface area contributed by atoms with Crippen LogP contribution in [0, 0.1) is 0 Å². The highest BCUT2D eigenvalue weighted by Crippen LogP contribution is 2.28. The van der Waals surface area contributed by atoms with Crippen molar-refractivity contribution in [3.05, 3.63) is 57.5 Å². The summed E-state index contributed by atoms with van der Waals surface area (Å²) in [5, 5.41) is 0.539. The standard InChI is InChI=1S/C19H18BrClN2O5/c1-26-16-6-3-12(9-17(16)27-2)4-8-18(24)22-23-19(25)11-28-15-7-5-13(21)10-14(15)20/h3-10H,11H2,1-2H3,(H,22,24)(H,23,25)/b8-4+. The molecule has 0 saturated heterocycles. The lowest BCUT2D eigenvalue weighted by molar-refractivity contribution is -0.128. The van der Waals surface area contributed by atoms with Gasteiger partial charge in [-0.15, -0.1) is 0 Å². The van der Waals surface area contributed by atoms with E-state index < -0.39 is 11.8 Å². The number of hydrogen-bond donors (Lipinski definition) is 2. The summed E-state index contributed by atoms with van der Waals surface area (Å²) in [5.41, 5.74) is 5.26. The SMILES string of the molecule is COc1ccc(/C=C/C(=O)NNC(=O)COc2ccc(Cl)cc2Br)cc1OC. The highest BCUT2D eigenvalue weighted by Gasteiger charge is 2.07. The van der Waals surface area contributed by atoms with Crippen LogP contribution in [0.5, 0.6) is 17.2 Å². The monoisotopic (exact) mass is 468 g/mol. The number of ether oxygens (including phenoxy) is 3. The van der Waals surface area contributed by atoms with Crippen molar-refractivity contribution < 1.29 is 23.8 Å². The van der Waals surface area contributed by atoms with Gasteiger partial charge in [0.15, 0.2) is 18.1 Å². The van der Waals surface area contributed by atoms with Crippen LogP contribution in [0.4, 0.5) is 0 Å². The smallest absolute Gasteiger partial charge is 0.276 e. The van der Waals surface area contributed by atoms with E-state index in [1.807, 2.05) is 0 Å². The molecule has 0 aliphatic heterocycles. The molecule has 0 saturated carbocycles. The largest absolute Gasteiger partial charge is 0.493 e. The minimum absolute atomic E-state index is 0.278. The number of amides is 2. The van der Waals surface area contributed by atoms with E-state index in [0.717, 1.165) is 5.56 Å². The second kappa shape index (κ2) is 10.6. The van der Waals surface area contributed by atoms with Gasteiger partial charge in [-0.3, -0.25) is 20.4 Å². The van der Waals surface area contributed by atoms with Gasteiger partial charge in [-0.1, -0.05) is 17.7 Å². The van der Waals surface area contributed by atoms with Crippen molar-refractivity contribution in [3.63, 3.8) is 0 Å². The number of benzene rings is 2. The van der Waals surface area contributed by atoms with Crippen molar-refractivity contribution in [2.45, 2.75) is 0 Å². The second-order valence-corrected chi connectivity index (χ2v) is 6.64. The molecule has 0 fully saturated rings. The topological polar surface area (TPSA) is 85.9 Å². The zero-order valence-corrected chi connectivity index (χ0v) is 17.5. The minimum atomic E-state index is -0.519. The highest BCUT2D eigenvalue weighted by atomic mass is 79.9. The van der Waals surface area contributed by atoms with Crippen molar-refractivity contribution >= 4 is 45.4 Å². The van der Waals surface area contributed by atoms with E-state index in [0.29, 0.717) is 26.7 Å². The average molecular weight is 470 g/mol. The third-order valence-corrected chi connectivity index (χ3v) is 4.27. The van der Waals surface area contributed by atoms with Crippen LogP contribution in [-0.4, -0.2) is 32.6 Å². The van der Waals surface area contributed by atoms with Crippen molar-refractivity contribution in [2.75, 3.05) is 20.8 Å². The third-order valence-electron chi connectivity index (χ3n) is 3.41. The molecular weight excluding hydrogens is 452 g/mol. The summed E-state index contributed by atoms with van der Waals surface area (Å²) in [4.78, 5) is 23.6. The highest BCUT2D eigenvalue weighted by molar-refractivity contribution is 9.10. The Hall–Kier alpha value is -2.71. The van der Waals surface area contributed by atoms with Crippen LogP contribution in [0.15, 0.2) is 46.9 Å². The predicted molar refractivity (Wildman–Crippen MR) is 110 cm³/mol. The van der Waals surface area contributed by atoms with Gasteiger partial charge < -0.3 is 14.2 Å². The number of nitrogens with one attached hydrogen (secondary N) is 2. The summed E-state index contributed by atoms with van der Waals surface area (Å²) >= 11 is 9.12. The molecule has 0 bridgehead atoms. The zero-order chi connectivity index (χ0) is 20.5. The van der Waals surface area contributed by atoms with Crippen LogP contribution in [-0.2, 0) is 9.59 Å². The van der Waals surface area contributed by atoms with E-state index in [1.165, 1.54) is 13.2 Å². The van der Waals surface area contributed by atoms with Crippen molar-refractivity contribution in [1.82, 2.24) is 10.9 Å². The first-order valence-electron chi connectivity index (χ1n) is 7.99. The van der Waals surface area contributed by atoms with Crippen molar-refractivity contribution in [2.24, 2.45) is 0 Å². The first-order chi connectivity index (χ1) is 13.4. The Morgan fingerprint density at radius 3 is 2.43 bits per heavy atom. The van der Waals surface area contributed by atoms with E-state index in [2.05, 4.69) is 26.8 Å². The van der Waals surface area contributed by atoms with Gasteiger partial charge in [-0.2, -0.15) is 0 Å². The van der Waals surface area contributed by atoms with Gasteiger partial charge >= 0.3 is 0 Å². The molecule has 0 unspecified atom stereocenters. The van der Waals surface area contributed by atoms with Gasteiger partial charge in [0.25, 0.3) is 11.8 Å². The van der Waals surface area contributed by atoms with E-state index in [9.17, 15) is 9.59 Å². The van der Waals surface area contributed by atoms with Crippen molar-refractivity contribution in [3.8, 4) is 17.2 Å². The molecule has 2 amide bonds. The fourth-order valence-electron chi connectivity index (χ4n) is 2.07. The number of hydrazine groups is 1. The Labute approximate surface area is 175 Å². The first kappa shape index (κ1) is 21.6. The lowest BCUT2D eigenvalue weighted by Crippen LogP contribution is -2.43. The van der Waals surface area contributed by atoms with E-state index in [4.69, 9.17) is 25.8 Å². The number of hydrogen-bond acceptors (Lipinski definition) is 5. The number of methoxy groups -OCH3 is 2. The fourth-order valence-corrected chi connectivity index (χ4v) is 2.87. The lowest BCUT2D eigenvalue weighted by Gasteiger charge is -2.09. The van der Waals surface area contributed by atoms with E-state index in [1.54, 1.807) is 49.6 Å². The van der Waals surface area contributed by atoms with E-state index in [-0.39, 0.29) is 6.61 Å². The summed E-state index contributed by atoms with van der Waals surface area (Å²) in [5.74, 6) is 0.567. The van der Waals surface area contributed by atoms with Gasteiger partial charge in [0.1, 0.15) is 5.75 Å². The number of carbonyl (C=O) groups is 2. The summed E-state index contributed by atoms with van der Waals surface area (Å²) in [6, 6.07) is 10.1. The minimum Gasteiger partial charge on any atom is -0.493 e. The van der Waals surface area contributed by atoms with Gasteiger partial charge in [0.2, 0.25) is 0 Å². The van der Waals surface area contributed by atoms with Crippen molar-refractivity contribution in [1.29, 1.82) is 0 Å². The first-order valence-corrected chi connectivity index (χ1v) is 9.17. The molecule has 0 aliphatic carbocycles. The maximum absolute atomic E-state index is 11.8. The van der Waals surface area contributed by atoms with Crippen LogP contribution < -0.4 is 25.1 Å². The molecule has 0 atom stereocenters. The van der Waals surface area contributed by atoms with Crippen LogP contribution in [0.1, 0.15) is 5.56 Å². The normalized spacial score (nSPS) is 10.4. The Kier molecular flexibility index (Phi) is 8.16. The summed E-state index contributed by atoms with van der Waals surface area (Å²) < 4.78 is 16.3. The maximum atomic E-state index is 11.8. The molecule has 2 aromatic rings. The molecule has 148 valence electrons. The Morgan fingerprint density at radius 1 is 1.04 bits per heavy atom. The van der Waals surface area contributed by atoms with Crippen LogP contribution in [0.25, 0.3) is 6.08 Å². The quantitative estimate of drug-likeness (QED) is 0.480. The molecule has 2 N–H and O–H groups in total. The number of halogens is 2. The van der Waals surface area contributed by atoms with Gasteiger partial charge in [-0.25, -0.2) is 0 Å². The maximum Gasteiger partial charge on any atom is 0.276 e. The molecule has 28 heavy (non-hydrogen) atoms. The average Bonchev–Trinajstić information content (AvgIpc) is 2.69. The molecule has 0 aromatic heterocycles. The van der Waals surface area contributed by atoms with Gasteiger partial charge in [0.05, 0.1) is 18.7 Å². The van der Waals surface area contributed by atoms with Crippen LogP contribution in [0.3, 0.4) is 0 Å². The predicted octanol–water partition coefficient (Wildman–Crippen LogP) is 3.36. The molecule has 0 aliphatic rings. The Balaban J connectivity index is 1.81. The molecule has 0 spiro atoms. The third kappa shape index (κ3) is 6.47. The summed E-state index contributed by atoms with van der Waals surface area (Å²) in [6.07, 6.45) is 2.85. The molecule has 0 radical (unpaired) electrons.